The average molecular weight is 244 g/mol. The lowest BCUT2D eigenvalue weighted by Gasteiger charge is -2.04. The molecule has 1 aromatic rings. The monoisotopic (exact) mass is 244 g/mol. The van der Waals surface area contributed by atoms with E-state index in [-0.39, 0.29) is 5.91 Å². The Morgan fingerprint density at radius 1 is 1.50 bits per heavy atom. The van der Waals surface area contributed by atoms with Crippen LogP contribution >= 0.6 is 11.3 Å². The van der Waals surface area contributed by atoms with Crippen molar-refractivity contribution in [2.24, 2.45) is 0 Å². The number of methoxy groups -OCH3 is 1. The summed E-state index contributed by atoms with van der Waals surface area (Å²) in [6, 6.07) is 0. The summed E-state index contributed by atoms with van der Waals surface area (Å²) >= 11 is 1.41. The zero-order valence-corrected chi connectivity index (χ0v) is 10.1. The Morgan fingerprint density at radius 3 is 3.06 bits per heavy atom. The molecule has 0 fully saturated rings. The zero-order chi connectivity index (χ0) is 11.6. The lowest BCUT2D eigenvalue weighted by Crippen LogP contribution is -2.25. The van der Waals surface area contributed by atoms with Crippen LogP contribution in [0.4, 0.5) is 0 Å². The number of aromatic nitrogens is 1. The predicted molar refractivity (Wildman–Crippen MR) is 61.8 cm³/mol. The van der Waals surface area contributed by atoms with Crippen molar-refractivity contribution in [3.05, 3.63) is 16.6 Å². The number of thiazole rings is 1. The number of carbonyl (C=O) groups is 1. The lowest BCUT2D eigenvalue weighted by atomic mass is 10.4. The molecule has 0 unspecified atom stereocenters. The summed E-state index contributed by atoms with van der Waals surface area (Å²) in [4.78, 5) is 15.3. The Morgan fingerprint density at radius 2 is 2.38 bits per heavy atom. The third-order valence-electron chi connectivity index (χ3n) is 1.85. The minimum atomic E-state index is -0.127. The molecule has 1 aromatic heterocycles. The first-order valence-electron chi connectivity index (χ1n) is 5.07. The molecule has 16 heavy (non-hydrogen) atoms. The van der Waals surface area contributed by atoms with Crippen LogP contribution in [0.5, 0.6) is 0 Å². The molecule has 0 atom stereocenters. The number of nitrogens with one attached hydrogen (secondary N) is 1. The normalized spacial score (nSPS) is 10.3. The Kier molecular flexibility index (Phi) is 6.71. The Labute approximate surface area is 98.8 Å². The second-order valence-corrected chi connectivity index (χ2v) is 3.81. The SMILES string of the molecule is COCCOCCCNC(=O)c1cscn1. The number of hydrogen-bond donors (Lipinski definition) is 1. The summed E-state index contributed by atoms with van der Waals surface area (Å²) in [6.45, 7) is 2.42. The van der Waals surface area contributed by atoms with Crippen molar-refractivity contribution in [3.8, 4) is 0 Å². The Balaban J connectivity index is 1.97. The highest BCUT2D eigenvalue weighted by atomic mass is 32.1. The van der Waals surface area contributed by atoms with Gasteiger partial charge in [0.2, 0.25) is 0 Å². The van der Waals surface area contributed by atoms with Gasteiger partial charge in [-0.2, -0.15) is 0 Å². The van der Waals surface area contributed by atoms with Gasteiger partial charge in [-0.25, -0.2) is 4.98 Å². The lowest BCUT2D eigenvalue weighted by molar-refractivity contribution is 0.0688. The highest BCUT2D eigenvalue weighted by Crippen LogP contribution is 1.99. The fourth-order valence-corrected chi connectivity index (χ4v) is 1.57. The third kappa shape index (κ3) is 5.20. The van der Waals surface area contributed by atoms with Gasteiger partial charge in [0.25, 0.3) is 5.91 Å². The van der Waals surface area contributed by atoms with Crippen LogP contribution in [0.25, 0.3) is 0 Å². The van der Waals surface area contributed by atoms with Crippen molar-refractivity contribution in [1.29, 1.82) is 0 Å². The molecule has 0 bridgehead atoms. The maximum Gasteiger partial charge on any atom is 0.270 e. The molecule has 1 heterocycles. The van der Waals surface area contributed by atoms with Crippen molar-refractivity contribution in [1.82, 2.24) is 10.3 Å². The summed E-state index contributed by atoms with van der Waals surface area (Å²) in [5.41, 5.74) is 2.12. The van der Waals surface area contributed by atoms with Crippen LogP contribution in [0.15, 0.2) is 10.9 Å². The van der Waals surface area contributed by atoms with Crippen LogP contribution < -0.4 is 5.32 Å². The first kappa shape index (κ1) is 13.1. The number of amides is 1. The van der Waals surface area contributed by atoms with Crippen molar-refractivity contribution in [2.75, 3.05) is 33.5 Å². The molecule has 0 aliphatic heterocycles. The van der Waals surface area contributed by atoms with Gasteiger partial charge in [0.15, 0.2) is 0 Å². The van der Waals surface area contributed by atoms with E-state index >= 15 is 0 Å². The van der Waals surface area contributed by atoms with Crippen LogP contribution in [-0.4, -0.2) is 44.4 Å². The van der Waals surface area contributed by atoms with Gasteiger partial charge in [-0.15, -0.1) is 11.3 Å². The summed E-state index contributed by atoms with van der Waals surface area (Å²) < 4.78 is 10.1. The molecular formula is C10H16N2O3S. The maximum absolute atomic E-state index is 11.4. The number of hydrogen-bond acceptors (Lipinski definition) is 5. The molecule has 0 aliphatic carbocycles. The second-order valence-electron chi connectivity index (χ2n) is 3.09. The quantitative estimate of drug-likeness (QED) is 0.691. The predicted octanol–water partition coefficient (Wildman–Crippen LogP) is 0.926. The van der Waals surface area contributed by atoms with Gasteiger partial charge in [0.1, 0.15) is 5.69 Å². The van der Waals surface area contributed by atoms with Gasteiger partial charge in [-0.1, -0.05) is 0 Å². The molecule has 0 aromatic carbocycles. The molecular weight excluding hydrogens is 228 g/mol. The largest absolute Gasteiger partial charge is 0.382 e. The van der Waals surface area contributed by atoms with Crippen molar-refractivity contribution < 1.29 is 14.3 Å². The molecule has 0 aliphatic rings. The molecule has 1 rings (SSSR count). The molecule has 5 nitrogen and oxygen atoms in total. The Bertz CT molecular complexity index is 290. The summed E-state index contributed by atoms with van der Waals surface area (Å²) in [6.07, 6.45) is 0.791. The van der Waals surface area contributed by atoms with Crippen LogP contribution in [0, 0.1) is 0 Å². The summed E-state index contributed by atoms with van der Waals surface area (Å²) in [7, 11) is 1.64. The molecule has 1 N–H and O–H groups in total. The van der Waals surface area contributed by atoms with Crippen LogP contribution in [-0.2, 0) is 9.47 Å². The number of ether oxygens (including phenoxy) is 2. The van der Waals surface area contributed by atoms with E-state index in [9.17, 15) is 4.79 Å². The molecule has 6 heteroatoms. The zero-order valence-electron chi connectivity index (χ0n) is 9.27. The van der Waals surface area contributed by atoms with Gasteiger partial charge in [0.05, 0.1) is 18.7 Å². The smallest absolute Gasteiger partial charge is 0.270 e. The van der Waals surface area contributed by atoms with Gasteiger partial charge in [-0.3, -0.25) is 4.79 Å². The van der Waals surface area contributed by atoms with E-state index in [2.05, 4.69) is 10.3 Å². The second kappa shape index (κ2) is 8.20. The average Bonchev–Trinajstić information content (AvgIpc) is 2.81. The van der Waals surface area contributed by atoms with Crippen molar-refractivity contribution >= 4 is 17.2 Å². The van der Waals surface area contributed by atoms with E-state index in [0.29, 0.717) is 32.1 Å². The van der Waals surface area contributed by atoms with E-state index in [1.165, 1.54) is 11.3 Å². The number of carbonyl (C=O) groups excluding carboxylic acids is 1. The minimum Gasteiger partial charge on any atom is -0.382 e. The van der Waals surface area contributed by atoms with E-state index < -0.39 is 0 Å². The third-order valence-corrected chi connectivity index (χ3v) is 2.43. The van der Waals surface area contributed by atoms with Crippen molar-refractivity contribution in [2.45, 2.75) is 6.42 Å². The molecule has 0 saturated heterocycles. The van der Waals surface area contributed by atoms with Gasteiger partial charge in [0, 0.05) is 25.6 Å². The van der Waals surface area contributed by atoms with Crippen LogP contribution in [0.1, 0.15) is 16.9 Å². The molecule has 1 amide bonds. The molecule has 90 valence electrons. The first-order chi connectivity index (χ1) is 7.84. The maximum atomic E-state index is 11.4. The van der Waals surface area contributed by atoms with Crippen molar-refractivity contribution in [3.63, 3.8) is 0 Å². The fourth-order valence-electron chi connectivity index (χ4n) is 1.04. The Hall–Kier alpha value is -0.980. The fraction of sp³-hybridized carbons (Fsp3) is 0.600. The number of nitrogens with zero attached hydrogens (tertiary/aromatic N) is 1. The van der Waals surface area contributed by atoms with Gasteiger partial charge in [-0.05, 0) is 6.42 Å². The highest BCUT2D eigenvalue weighted by molar-refractivity contribution is 7.07. The molecule has 0 spiro atoms. The van der Waals surface area contributed by atoms with E-state index in [1.807, 2.05) is 0 Å². The summed E-state index contributed by atoms with van der Waals surface area (Å²) in [5, 5.41) is 4.50. The van der Waals surface area contributed by atoms with Gasteiger partial charge >= 0.3 is 0 Å². The van der Waals surface area contributed by atoms with E-state index in [1.54, 1.807) is 18.0 Å². The van der Waals surface area contributed by atoms with Gasteiger partial charge < -0.3 is 14.8 Å². The first-order valence-corrected chi connectivity index (χ1v) is 6.02. The summed E-state index contributed by atoms with van der Waals surface area (Å²) in [5.74, 6) is -0.127. The topological polar surface area (TPSA) is 60.5 Å². The van der Waals surface area contributed by atoms with E-state index in [4.69, 9.17) is 9.47 Å². The standard InChI is InChI=1S/C10H16N2O3S/c1-14-5-6-15-4-2-3-11-10(13)9-7-16-8-12-9/h7-8H,2-6H2,1H3,(H,11,13). The van der Waals surface area contributed by atoms with Crippen LogP contribution in [0.2, 0.25) is 0 Å². The highest BCUT2D eigenvalue weighted by Gasteiger charge is 2.05. The molecule has 0 radical (unpaired) electrons. The van der Waals surface area contributed by atoms with Crippen LogP contribution in [0.3, 0.4) is 0 Å². The minimum absolute atomic E-state index is 0.127. The number of rotatable bonds is 8. The van der Waals surface area contributed by atoms with E-state index in [0.717, 1.165) is 6.42 Å². The molecule has 0 saturated carbocycles.